The third-order valence-electron chi connectivity index (χ3n) is 3.87. The molecule has 102 valence electrons. The second-order valence-corrected chi connectivity index (χ2v) is 6.26. The number of nitrogens with one attached hydrogen (secondary N) is 1. The Labute approximate surface area is 116 Å². The Morgan fingerprint density at radius 1 is 1.21 bits per heavy atom. The molecule has 1 aromatic carbocycles. The topological polar surface area (TPSA) is 24.9 Å². The first-order valence-electron chi connectivity index (χ1n) is 7.01. The molecule has 0 spiro atoms. The van der Waals surface area contributed by atoms with Crippen LogP contribution in [0.3, 0.4) is 0 Å². The molecule has 0 radical (unpaired) electrons. The van der Waals surface area contributed by atoms with Gasteiger partial charge < -0.3 is 5.32 Å². The predicted octanol–water partition coefficient (Wildman–Crippen LogP) is 3.80. The van der Waals surface area contributed by atoms with Crippen LogP contribution in [-0.2, 0) is 6.42 Å². The molecule has 0 amide bonds. The van der Waals surface area contributed by atoms with Crippen LogP contribution in [0.25, 0.3) is 10.8 Å². The average Bonchev–Trinajstić information content (AvgIpc) is 2.38. The van der Waals surface area contributed by atoms with Crippen molar-refractivity contribution < 1.29 is 0 Å². The Kier molecular flexibility index (Phi) is 4.20. The van der Waals surface area contributed by atoms with E-state index in [4.69, 9.17) is 0 Å². The molecular formula is C17H24N2. The van der Waals surface area contributed by atoms with Crippen molar-refractivity contribution in [3.8, 4) is 0 Å². The van der Waals surface area contributed by atoms with Crippen LogP contribution in [0.5, 0.6) is 0 Å². The summed E-state index contributed by atoms with van der Waals surface area (Å²) in [7, 11) is 2.06. The highest BCUT2D eigenvalue weighted by Gasteiger charge is 2.22. The normalized spacial score (nSPS) is 13.7. The molecule has 1 N–H and O–H groups in total. The monoisotopic (exact) mass is 256 g/mol. The Bertz CT molecular complexity index is 535. The van der Waals surface area contributed by atoms with Gasteiger partial charge >= 0.3 is 0 Å². The first kappa shape index (κ1) is 14.0. The van der Waals surface area contributed by atoms with Crippen LogP contribution in [0.4, 0.5) is 0 Å². The Morgan fingerprint density at radius 2 is 2.00 bits per heavy atom. The molecule has 1 heterocycles. The maximum atomic E-state index is 4.25. The van der Waals surface area contributed by atoms with Crippen molar-refractivity contribution in [1.82, 2.24) is 10.3 Å². The fourth-order valence-electron chi connectivity index (χ4n) is 2.70. The maximum Gasteiger partial charge on any atom is 0.0349 e. The van der Waals surface area contributed by atoms with E-state index in [2.05, 4.69) is 62.4 Å². The van der Waals surface area contributed by atoms with Crippen LogP contribution in [0.1, 0.15) is 32.8 Å². The number of nitrogens with zero attached hydrogens (tertiary/aromatic N) is 1. The number of pyridine rings is 1. The zero-order chi connectivity index (χ0) is 13.9. The van der Waals surface area contributed by atoms with E-state index < -0.39 is 0 Å². The second-order valence-electron chi connectivity index (χ2n) is 6.26. The van der Waals surface area contributed by atoms with Crippen molar-refractivity contribution in [2.75, 3.05) is 7.05 Å². The van der Waals surface area contributed by atoms with Crippen LogP contribution in [0.15, 0.2) is 36.7 Å². The summed E-state index contributed by atoms with van der Waals surface area (Å²) in [6.45, 7) is 6.87. The Morgan fingerprint density at radius 3 is 2.68 bits per heavy atom. The summed E-state index contributed by atoms with van der Waals surface area (Å²) in [6, 6.07) is 9.12. The fraction of sp³-hybridized carbons (Fsp3) is 0.471. The molecule has 0 aliphatic heterocycles. The van der Waals surface area contributed by atoms with E-state index in [1.807, 2.05) is 12.4 Å². The minimum atomic E-state index is 0.289. The number of aromatic nitrogens is 1. The first-order valence-corrected chi connectivity index (χ1v) is 7.01. The van der Waals surface area contributed by atoms with Gasteiger partial charge in [-0.1, -0.05) is 39.0 Å². The summed E-state index contributed by atoms with van der Waals surface area (Å²) in [6.07, 6.45) is 6.08. The highest BCUT2D eigenvalue weighted by molar-refractivity contribution is 5.84. The van der Waals surface area contributed by atoms with Gasteiger partial charge in [-0.05, 0) is 42.3 Å². The lowest BCUT2D eigenvalue weighted by Crippen LogP contribution is -2.38. The van der Waals surface area contributed by atoms with Crippen molar-refractivity contribution in [2.24, 2.45) is 5.41 Å². The number of rotatable bonds is 4. The number of benzene rings is 1. The van der Waals surface area contributed by atoms with Gasteiger partial charge in [0.25, 0.3) is 0 Å². The van der Waals surface area contributed by atoms with Crippen molar-refractivity contribution in [1.29, 1.82) is 0 Å². The van der Waals surface area contributed by atoms with Crippen LogP contribution in [0.2, 0.25) is 0 Å². The molecular weight excluding hydrogens is 232 g/mol. The van der Waals surface area contributed by atoms with Gasteiger partial charge in [0, 0.05) is 23.8 Å². The molecule has 1 aromatic heterocycles. The maximum absolute atomic E-state index is 4.25. The summed E-state index contributed by atoms with van der Waals surface area (Å²) < 4.78 is 0. The summed E-state index contributed by atoms with van der Waals surface area (Å²) in [5, 5.41) is 6.01. The SMILES string of the molecule is CNC(CCc1cccc2ccncc12)C(C)(C)C. The van der Waals surface area contributed by atoms with E-state index in [1.54, 1.807) is 0 Å². The fourth-order valence-corrected chi connectivity index (χ4v) is 2.70. The van der Waals surface area contributed by atoms with Gasteiger partial charge in [-0.3, -0.25) is 4.98 Å². The van der Waals surface area contributed by atoms with Gasteiger partial charge in [-0.25, -0.2) is 0 Å². The van der Waals surface area contributed by atoms with Gasteiger partial charge in [-0.2, -0.15) is 0 Å². The highest BCUT2D eigenvalue weighted by atomic mass is 14.9. The van der Waals surface area contributed by atoms with Crippen molar-refractivity contribution in [3.05, 3.63) is 42.2 Å². The van der Waals surface area contributed by atoms with Crippen LogP contribution in [-0.4, -0.2) is 18.1 Å². The van der Waals surface area contributed by atoms with Crippen molar-refractivity contribution in [2.45, 2.75) is 39.7 Å². The number of fused-ring (bicyclic) bond motifs is 1. The molecule has 1 atom stereocenters. The molecule has 0 fully saturated rings. The zero-order valence-corrected chi connectivity index (χ0v) is 12.4. The number of aryl methyl sites for hydroxylation is 1. The Hall–Kier alpha value is -1.41. The summed E-state index contributed by atoms with van der Waals surface area (Å²) in [4.78, 5) is 4.25. The minimum Gasteiger partial charge on any atom is -0.316 e. The molecule has 2 nitrogen and oxygen atoms in total. The predicted molar refractivity (Wildman–Crippen MR) is 82.4 cm³/mol. The Balaban J connectivity index is 2.18. The van der Waals surface area contributed by atoms with Crippen LogP contribution in [0, 0.1) is 5.41 Å². The van der Waals surface area contributed by atoms with Gasteiger partial charge in [0.2, 0.25) is 0 Å². The molecule has 0 bridgehead atoms. The van der Waals surface area contributed by atoms with E-state index in [0.717, 1.165) is 12.8 Å². The smallest absolute Gasteiger partial charge is 0.0349 e. The molecule has 0 saturated heterocycles. The third kappa shape index (κ3) is 3.32. The second kappa shape index (κ2) is 5.70. The van der Waals surface area contributed by atoms with E-state index in [0.29, 0.717) is 6.04 Å². The molecule has 19 heavy (non-hydrogen) atoms. The van der Waals surface area contributed by atoms with E-state index >= 15 is 0 Å². The van der Waals surface area contributed by atoms with E-state index in [9.17, 15) is 0 Å². The first-order chi connectivity index (χ1) is 9.02. The van der Waals surface area contributed by atoms with Gasteiger partial charge in [0.05, 0.1) is 0 Å². The minimum absolute atomic E-state index is 0.289. The zero-order valence-electron chi connectivity index (χ0n) is 12.4. The molecule has 1 unspecified atom stereocenters. The molecule has 0 saturated carbocycles. The van der Waals surface area contributed by atoms with Gasteiger partial charge in [0.15, 0.2) is 0 Å². The molecule has 0 aliphatic carbocycles. The average molecular weight is 256 g/mol. The van der Waals surface area contributed by atoms with Crippen molar-refractivity contribution in [3.63, 3.8) is 0 Å². The van der Waals surface area contributed by atoms with Crippen molar-refractivity contribution >= 4 is 10.8 Å². The van der Waals surface area contributed by atoms with E-state index in [-0.39, 0.29) is 5.41 Å². The molecule has 2 aromatic rings. The summed E-state index contributed by atoms with van der Waals surface area (Å²) in [5.74, 6) is 0. The summed E-state index contributed by atoms with van der Waals surface area (Å²) in [5.41, 5.74) is 1.69. The van der Waals surface area contributed by atoms with Crippen LogP contribution < -0.4 is 5.32 Å². The van der Waals surface area contributed by atoms with Crippen LogP contribution >= 0.6 is 0 Å². The lowest BCUT2D eigenvalue weighted by molar-refractivity contribution is 0.268. The lowest BCUT2D eigenvalue weighted by Gasteiger charge is -2.30. The molecule has 2 heteroatoms. The quantitative estimate of drug-likeness (QED) is 0.900. The molecule has 2 rings (SSSR count). The number of hydrogen-bond acceptors (Lipinski definition) is 2. The van der Waals surface area contributed by atoms with Gasteiger partial charge in [-0.15, -0.1) is 0 Å². The standard InChI is InChI=1S/C17H24N2/c1-17(2,3)16(18-4)9-8-13-6-5-7-14-10-11-19-12-15(13)14/h5-7,10-12,16,18H,8-9H2,1-4H3. The third-order valence-corrected chi connectivity index (χ3v) is 3.87. The lowest BCUT2D eigenvalue weighted by atomic mass is 9.83. The molecule has 0 aliphatic rings. The number of hydrogen-bond donors (Lipinski definition) is 1. The van der Waals surface area contributed by atoms with E-state index in [1.165, 1.54) is 16.3 Å². The van der Waals surface area contributed by atoms with Gasteiger partial charge in [0.1, 0.15) is 0 Å². The highest BCUT2D eigenvalue weighted by Crippen LogP contribution is 2.25. The largest absolute Gasteiger partial charge is 0.316 e. The summed E-state index contributed by atoms with van der Waals surface area (Å²) >= 11 is 0.